The first kappa shape index (κ1) is 19.7. The van der Waals surface area contributed by atoms with Gasteiger partial charge in [-0.1, -0.05) is 48.5 Å². The molecule has 0 spiro atoms. The Balaban J connectivity index is 1.53. The first-order chi connectivity index (χ1) is 13.6. The van der Waals surface area contributed by atoms with Gasteiger partial charge in [-0.2, -0.15) is 0 Å². The largest absolute Gasteiger partial charge is 0.496 e. The van der Waals surface area contributed by atoms with E-state index in [1.807, 2.05) is 48.5 Å². The highest BCUT2D eigenvalue weighted by Gasteiger charge is 2.34. The summed E-state index contributed by atoms with van der Waals surface area (Å²) in [6.07, 6.45) is 1.87. The van der Waals surface area contributed by atoms with Gasteiger partial charge >= 0.3 is 0 Å². The van der Waals surface area contributed by atoms with Crippen LogP contribution >= 0.6 is 11.8 Å². The van der Waals surface area contributed by atoms with E-state index >= 15 is 0 Å². The van der Waals surface area contributed by atoms with Crippen molar-refractivity contribution in [2.24, 2.45) is 0 Å². The summed E-state index contributed by atoms with van der Waals surface area (Å²) in [5, 5.41) is 2.42. The van der Waals surface area contributed by atoms with Gasteiger partial charge in [0.1, 0.15) is 5.75 Å². The molecule has 7 heteroatoms. The maximum absolute atomic E-state index is 12.5. The third-order valence-corrected chi connectivity index (χ3v) is 5.08. The molecule has 0 unspecified atom stereocenters. The summed E-state index contributed by atoms with van der Waals surface area (Å²) >= 11 is 0.912. The van der Waals surface area contributed by atoms with Gasteiger partial charge in [0, 0.05) is 18.7 Å². The number of para-hydroxylation sites is 1. The number of hydrogen-bond donors (Lipinski definition) is 1. The minimum absolute atomic E-state index is 0.133. The van der Waals surface area contributed by atoms with Crippen LogP contribution in [0.3, 0.4) is 0 Å². The zero-order valence-corrected chi connectivity index (χ0v) is 16.2. The number of hydrogen-bond acceptors (Lipinski definition) is 5. The third-order valence-electron chi connectivity index (χ3n) is 4.17. The summed E-state index contributed by atoms with van der Waals surface area (Å²) in [4.78, 5) is 38.3. The topological polar surface area (TPSA) is 75.7 Å². The average molecular weight is 396 g/mol. The van der Waals surface area contributed by atoms with E-state index < -0.39 is 0 Å². The molecule has 1 heterocycles. The lowest BCUT2D eigenvalue weighted by molar-refractivity contribution is -0.124. The van der Waals surface area contributed by atoms with Gasteiger partial charge in [0.2, 0.25) is 5.91 Å². The summed E-state index contributed by atoms with van der Waals surface area (Å²) in [5.41, 5.74) is 1.64. The zero-order valence-electron chi connectivity index (χ0n) is 15.4. The standard InChI is InChI=1S/C21H20N2O4S/c1-27-17-10-6-5-9-16(17)14-19(24)22-11-12-23-20(25)18(28-21(23)26)13-15-7-3-2-4-8-15/h2-10,13H,11-12,14H2,1H3,(H,22,24). The van der Waals surface area contributed by atoms with Crippen molar-refractivity contribution in [3.05, 3.63) is 70.6 Å². The van der Waals surface area contributed by atoms with E-state index in [2.05, 4.69) is 5.32 Å². The van der Waals surface area contributed by atoms with Gasteiger partial charge in [-0.05, 0) is 29.5 Å². The summed E-state index contributed by atoms with van der Waals surface area (Å²) in [7, 11) is 1.56. The van der Waals surface area contributed by atoms with Crippen LogP contribution in [0.5, 0.6) is 5.75 Å². The molecule has 3 amide bonds. The highest BCUT2D eigenvalue weighted by atomic mass is 32.2. The van der Waals surface area contributed by atoms with Crippen LogP contribution in [0.4, 0.5) is 4.79 Å². The second kappa shape index (κ2) is 9.23. The summed E-state index contributed by atoms with van der Waals surface area (Å²) in [6, 6.07) is 16.6. The Kier molecular flexibility index (Phi) is 6.49. The van der Waals surface area contributed by atoms with Crippen molar-refractivity contribution in [1.29, 1.82) is 0 Å². The van der Waals surface area contributed by atoms with Gasteiger partial charge in [-0.3, -0.25) is 19.3 Å². The maximum Gasteiger partial charge on any atom is 0.293 e. The molecule has 0 atom stereocenters. The van der Waals surface area contributed by atoms with E-state index in [0.717, 1.165) is 27.8 Å². The Morgan fingerprint density at radius 1 is 1.11 bits per heavy atom. The molecule has 0 bridgehead atoms. The van der Waals surface area contributed by atoms with Crippen LogP contribution in [0, 0.1) is 0 Å². The lowest BCUT2D eigenvalue weighted by Gasteiger charge is -2.13. The second-order valence-electron chi connectivity index (χ2n) is 6.08. The van der Waals surface area contributed by atoms with Crippen LogP contribution in [0.15, 0.2) is 59.5 Å². The Labute approximate surface area is 167 Å². The molecule has 0 radical (unpaired) electrons. The predicted molar refractivity (Wildman–Crippen MR) is 109 cm³/mol. The molecule has 1 aliphatic heterocycles. The molecule has 2 aromatic carbocycles. The van der Waals surface area contributed by atoms with Crippen LogP contribution in [-0.4, -0.2) is 42.2 Å². The molecule has 1 N–H and O–H groups in total. The smallest absolute Gasteiger partial charge is 0.293 e. The maximum atomic E-state index is 12.5. The monoisotopic (exact) mass is 396 g/mol. The normalized spacial score (nSPS) is 15.2. The van der Waals surface area contributed by atoms with E-state index in [9.17, 15) is 14.4 Å². The van der Waals surface area contributed by atoms with Crippen LogP contribution in [-0.2, 0) is 16.0 Å². The van der Waals surface area contributed by atoms with Crippen molar-refractivity contribution in [2.45, 2.75) is 6.42 Å². The number of nitrogens with zero attached hydrogens (tertiary/aromatic N) is 1. The van der Waals surface area contributed by atoms with Crippen LogP contribution in [0.25, 0.3) is 6.08 Å². The van der Waals surface area contributed by atoms with E-state index in [1.165, 1.54) is 0 Å². The molecular formula is C21H20N2O4S. The van der Waals surface area contributed by atoms with Crippen molar-refractivity contribution in [1.82, 2.24) is 10.2 Å². The molecule has 0 aliphatic carbocycles. The number of methoxy groups -OCH3 is 1. The molecule has 1 aliphatic rings. The average Bonchev–Trinajstić information content (AvgIpc) is 2.96. The Bertz CT molecular complexity index is 912. The molecule has 6 nitrogen and oxygen atoms in total. The first-order valence-corrected chi connectivity index (χ1v) is 9.59. The molecule has 144 valence electrons. The molecule has 28 heavy (non-hydrogen) atoms. The summed E-state index contributed by atoms with van der Waals surface area (Å²) in [6.45, 7) is 0.332. The van der Waals surface area contributed by atoms with Crippen molar-refractivity contribution in [2.75, 3.05) is 20.2 Å². The fourth-order valence-electron chi connectivity index (χ4n) is 2.79. The van der Waals surface area contributed by atoms with Gasteiger partial charge < -0.3 is 10.1 Å². The van der Waals surface area contributed by atoms with E-state index in [1.54, 1.807) is 19.3 Å². The van der Waals surface area contributed by atoms with Gasteiger partial charge in [0.15, 0.2) is 0 Å². The van der Waals surface area contributed by atoms with Gasteiger partial charge in [-0.15, -0.1) is 0 Å². The zero-order chi connectivity index (χ0) is 19.9. The molecule has 3 rings (SSSR count). The molecule has 2 aromatic rings. The number of amides is 3. The molecule has 1 saturated heterocycles. The SMILES string of the molecule is COc1ccccc1CC(=O)NCCN1C(=O)SC(=Cc2ccccc2)C1=O. The minimum atomic E-state index is -0.335. The minimum Gasteiger partial charge on any atom is -0.496 e. The molecular weight excluding hydrogens is 376 g/mol. The van der Waals surface area contributed by atoms with Crippen molar-refractivity contribution in [3.63, 3.8) is 0 Å². The van der Waals surface area contributed by atoms with Crippen LogP contribution < -0.4 is 10.1 Å². The fourth-order valence-corrected chi connectivity index (χ4v) is 3.65. The summed E-state index contributed by atoms with van der Waals surface area (Å²) < 4.78 is 5.23. The number of carbonyl (C=O) groups is 3. The molecule has 0 aromatic heterocycles. The fraction of sp³-hybridized carbons (Fsp3) is 0.190. The van der Waals surface area contributed by atoms with Crippen molar-refractivity contribution >= 4 is 34.9 Å². The predicted octanol–water partition coefficient (Wildman–Crippen LogP) is 3.09. The third kappa shape index (κ3) is 4.80. The lowest BCUT2D eigenvalue weighted by atomic mass is 10.1. The van der Waals surface area contributed by atoms with Crippen molar-refractivity contribution in [3.8, 4) is 5.75 Å². The van der Waals surface area contributed by atoms with Crippen molar-refractivity contribution < 1.29 is 19.1 Å². The van der Waals surface area contributed by atoms with E-state index in [0.29, 0.717) is 10.7 Å². The highest BCUT2D eigenvalue weighted by molar-refractivity contribution is 8.18. The van der Waals surface area contributed by atoms with Crippen LogP contribution in [0.1, 0.15) is 11.1 Å². The number of thioether (sulfide) groups is 1. The van der Waals surface area contributed by atoms with E-state index in [4.69, 9.17) is 4.74 Å². The van der Waals surface area contributed by atoms with Gasteiger partial charge in [0.05, 0.1) is 18.4 Å². The number of ether oxygens (including phenoxy) is 1. The Morgan fingerprint density at radius 2 is 1.82 bits per heavy atom. The van der Waals surface area contributed by atoms with Gasteiger partial charge in [-0.25, -0.2) is 0 Å². The lowest BCUT2D eigenvalue weighted by Crippen LogP contribution is -2.37. The Morgan fingerprint density at radius 3 is 2.57 bits per heavy atom. The Hall–Kier alpha value is -3.06. The number of imide groups is 1. The molecule has 1 fully saturated rings. The quantitative estimate of drug-likeness (QED) is 0.728. The summed E-state index contributed by atoms with van der Waals surface area (Å²) in [5.74, 6) is 0.115. The number of rotatable bonds is 7. The first-order valence-electron chi connectivity index (χ1n) is 8.77. The molecule has 0 saturated carbocycles. The van der Waals surface area contributed by atoms with Gasteiger partial charge in [0.25, 0.3) is 11.1 Å². The number of carbonyl (C=O) groups excluding carboxylic acids is 3. The second-order valence-corrected chi connectivity index (χ2v) is 7.08. The van der Waals surface area contributed by atoms with Crippen LogP contribution in [0.2, 0.25) is 0 Å². The highest BCUT2D eigenvalue weighted by Crippen LogP contribution is 2.31. The van der Waals surface area contributed by atoms with E-state index in [-0.39, 0.29) is 36.6 Å². The number of benzene rings is 2. The number of nitrogens with one attached hydrogen (secondary N) is 1.